The number of hydrogen-bond acceptors (Lipinski definition) is 4. The second kappa shape index (κ2) is 5.74. The molecule has 0 amide bonds. The fraction of sp³-hybridized carbons (Fsp3) is 0.125. The molecule has 5 nitrogen and oxygen atoms in total. The third-order valence-corrected chi connectivity index (χ3v) is 1.29. The summed E-state index contributed by atoms with van der Waals surface area (Å²) in [6.07, 6.45) is 0. The summed E-state index contributed by atoms with van der Waals surface area (Å²) >= 11 is 0. The third kappa shape index (κ3) is 3.87. The first-order valence-corrected chi connectivity index (χ1v) is 3.52. The molecule has 0 bridgehead atoms. The molecule has 0 unspecified atom stereocenters. The Morgan fingerprint density at radius 1 is 1.50 bits per heavy atom. The van der Waals surface area contributed by atoms with Crippen LogP contribution in [-0.2, 0) is 4.79 Å². The van der Waals surface area contributed by atoms with Crippen LogP contribution >= 0.6 is 0 Å². The SMILES string of the molecule is CC(=O)Oc1cccc([N+](=O)[O-])c1.[NaH]. The molecule has 0 aromatic heterocycles. The van der Waals surface area contributed by atoms with Crippen LogP contribution in [0, 0.1) is 10.1 Å². The number of nitro groups is 1. The molecule has 0 saturated heterocycles. The molecule has 1 aromatic rings. The summed E-state index contributed by atoms with van der Waals surface area (Å²) < 4.78 is 4.66. The first-order valence-electron chi connectivity index (χ1n) is 3.52. The molecule has 0 atom stereocenters. The summed E-state index contributed by atoms with van der Waals surface area (Å²) in [6, 6.07) is 5.46. The Balaban J connectivity index is 0.00000169. The third-order valence-electron chi connectivity index (χ3n) is 1.29. The zero-order chi connectivity index (χ0) is 9.84. The molecule has 0 spiro atoms. The van der Waals surface area contributed by atoms with Crippen LogP contribution in [0.1, 0.15) is 6.92 Å². The number of ether oxygens (including phenoxy) is 1. The molecule has 0 aliphatic heterocycles. The second-order valence-corrected chi connectivity index (χ2v) is 2.35. The first-order chi connectivity index (χ1) is 6.09. The van der Waals surface area contributed by atoms with Gasteiger partial charge in [0.05, 0.1) is 11.0 Å². The predicted molar refractivity (Wildman–Crippen MR) is 51.6 cm³/mol. The van der Waals surface area contributed by atoms with Gasteiger partial charge >= 0.3 is 35.5 Å². The van der Waals surface area contributed by atoms with Crippen LogP contribution in [0.2, 0.25) is 0 Å². The Morgan fingerprint density at radius 2 is 2.14 bits per heavy atom. The topological polar surface area (TPSA) is 69.4 Å². The van der Waals surface area contributed by atoms with E-state index in [4.69, 9.17) is 0 Å². The van der Waals surface area contributed by atoms with Crippen LogP contribution in [0.3, 0.4) is 0 Å². The molecule has 1 rings (SSSR count). The number of nitrogens with zero attached hydrogens (tertiary/aromatic N) is 1. The van der Waals surface area contributed by atoms with Crippen LogP contribution < -0.4 is 4.74 Å². The van der Waals surface area contributed by atoms with Gasteiger partial charge in [-0.05, 0) is 6.07 Å². The van der Waals surface area contributed by atoms with E-state index in [1.54, 1.807) is 0 Å². The van der Waals surface area contributed by atoms with Crippen molar-refractivity contribution in [3.8, 4) is 5.75 Å². The predicted octanol–water partition coefficient (Wildman–Crippen LogP) is 0.872. The zero-order valence-electron chi connectivity index (χ0n) is 6.89. The normalized spacial score (nSPS) is 8.64. The maximum atomic E-state index is 10.5. The second-order valence-electron chi connectivity index (χ2n) is 2.35. The van der Waals surface area contributed by atoms with Gasteiger partial charge in [-0.25, -0.2) is 0 Å². The van der Waals surface area contributed by atoms with Crippen molar-refractivity contribution in [1.29, 1.82) is 0 Å². The molecule has 6 heteroatoms. The van der Waals surface area contributed by atoms with Gasteiger partial charge in [0.15, 0.2) is 0 Å². The molecule has 0 N–H and O–H groups in total. The number of benzene rings is 1. The molecule has 14 heavy (non-hydrogen) atoms. The van der Waals surface area contributed by atoms with Gasteiger partial charge in [0.2, 0.25) is 0 Å². The van der Waals surface area contributed by atoms with Crippen molar-refractivity contribution in [2.45, 2.75) is 6.92 Å². The van der Waals surface area contributed by atoms with Gasteiger partial charge < -0.3 is 4.74 Å². The van der Waals surface area contributed by atoms with Crippen molar-refractivity contribution >= 4 is 41.2 Å². The molecule has 0 saturated carbocycles. The number of rotatable bonds is 2. The average molecular weight is 205 g/mol. The number of carbonyl (C=O) groups excluding carboxylic acids is 1. The summed E-state index contributed by atoms with van der Waals surface area (Å²) in [4.78, 5) is 20.3. The number of carbonyl (C=O) groups is 1. The maximum absolute atomic E-state index is 10.5. The Morgan fingerprint density at radius 3 is 2.64 bits per heavy atom. The molecule has 0 heterocycles. The first kappa shape index (κ1) is 13.1. The molecule has 0 aliphatic carbocycles. The Labute approximate surface area is 103 Å². The van der Waals surface area contributed by atoms with Gasteiger partial charge in [0.1, 0.15) is 5.75 Å². The molecular formula is C8H8NNaO4. The van der Waals surface area contributed by atoms with Gasteiger partial charge in [-0.1, -0.05) is 6.07 Å². The van der Waals surface area contributed by atoms with Crippen LogP contribution in [0.4, 0.5) is 5.69 Å². The van der Waals surface area contributed by atoms with Crippen LogP contribution in [0.5, 0.6) is 5.75 Å². The van der Waals surface area contributed by atoms with E-state index >= 15 is 0 Å². The standard InChI is InChI=1S/C8H7NO4.Na.H/c1-6(10)13-8-4-2-3-7(5-8)9(11)12;;/h2-5H,1H3;;. The van der Waals surface area contributed by atoms with E-state index in [9.17, 15) is 14.9 Å². The molecule has 0 aliphatic rings. The Kier molecular flexibility index (Phi) is 5.37. The molecule has 70 valence electrons. The van der Waals surface area contributed by atoms with Crippen LogP contribution in [0.25, 0.3) is 0 Å². The van der Waals surface area contributed by atoms with E-state index in [0.717, 1.165) is 0 Å². The monoisotopic (exact) mass is 205 g/mol. The van der Waals surface area contributed by atoms with E-state index in [-0.39, 0.29) is 41.0 Å². The quantitative estimate of drug-likeness (QED) is 0.236. The molecule has 0 fully saturated rings. The van der Waals surface area contributed by atoms with Crippen molar-refractivity contribution in [1.82, 2.24) is 0 Å². The van der Waals surface area contributed by atoms with Crippen LogP contribution in [-0.4, -0.2) is 40.4 Å². The van der Waals surface area contributed by atoms with Crippen molar-refractivity contribution in [2.75, 3.05) is 0 Å². The molecule has 1 aromatic carbocycles. The van der Waals surface area contributed by atoms with Crippen molar-refractivity contribution in [2.24, 2.45) is 0 Å². The summed E-state index contributed by atoms with van der Waals surface area (Å²) in [7, 11) is 0. The van der Waals surface area contributed by atoms with E-state index in [0.29, 0.717) is 0 Å². The van der Waals surface area contributed by atoms with E-state index in [1.165, 1.54) is 31.2 Å². The van der Waals surface area contributed by atoms with Gasteiger partial charge in [-0.3, -0.25) is 14.9 Å². The van der Waals surface area contributed by atoms with Crippen molar-refractivity contribution in [3.05, 3.63) is 34.4 Å². The number of nitro benzene ring substituents is 1. The van der Waals surface area contributed by atoms with Crippen molar-refractivity contribution in [3.63, 3.8) is 0 Å². The minimum atomic E-state index is -0.549. The van der Waals surface area contributed by atoms with Crippen LogP contribution in [0.15, 0.2) is 24.3 Å². The van der Waals surface area contributed by atoms with Gasteiger partial charge in [0.25, 0.3) is 5.69 Å². The summed E-state index contributed by atoms with van der Waals surface area (Å²) in [5.41, 5.74) is -0.0984. The fourth-order valence-electron chi connectivity index (χ4n) is 0.827. The Bertz CT molecular complexity index is 353. The van der Waals surface area contributed by atoms with E-state index in [1.807, 2.05) is 0 Å². The molecular weight excluding hydrogens is 197 g/mol. The number of esters is 1. The minimum absolute atomic E-state index is 0. The molecule has 0 radical (unpaired) electrons. The number of non-ortho nitro benzene ring substituents is 1. The van der Waals surface area contributed by atoms with Gasteiger partial charge in [0, 0.05) is 13.0 Å². The summed E-state index contributed by atoms with van der Waals surface area (Å²) in [5.74, 6) is -0.317. The van der Waals surface area contributed by atoms with E-state index < -0.39 is 10.9 Å². The van der Waals surface area contributed by atoms with Crippen molar-refractivity contribution < 1.29 is 14.5 Å². The summed E-state index contributed by atoms with van der Waals surface area (Å²) in [6.45, 7) is 1.23. The fourth-order valence-corrected chi connectivity index (χ4v) is 0.827. The average Bonchev–Trinajstić information content (AvgIpc) is 2.03. The summed E-state index contributed by atoms with van der Waals surface area (Å²) in [5, 5.41) is 10.3. The zero-order valence-corrected chi connectivity index (χ0v) is 6.89. The Hall–Kier alpha value is -0.910. The van der Waals surface area contributed by atoms with E-state index in [2.05, 4.69) is 4.74 Å². The van der Waals surface area contributed by atoms with Gasteiger partial charge in [-0.15, -0.1) is 0 Å². The number of hydrogen-bond donors (Lipinski definition) is 0. The van der Waals surface area contributed by atoms with Gasteiger partial charge in [-0.2, -0.15) is 0 Å².